The van der Waals surface area contributed by atoms with E-state index in [0.717, 1.165) is 6.42 Å². The zero-order valence-corrected chi connectivity index (χ0v) is 21.3. The standard InChI is InChI=1S/C22H21.C3H7.2ClH.Zr/c1-22(2,3)16-12-13-19-20(14-16)17-10-6-7-11-18(17)21(19)15-8-4-5-9-15;1-3-2;;;/h4-8,10-12,14,21H,9H2,1-3H3;3H,1-2H3;2*1H;/q2*-1;;;+4/p-2. The van der Waals surface area contributed by atoms with Gasteiger partial charge in [0.1, 0.15) is 0 Å². The van der Waals surface area contributed by atoms with Crippen LogP contribution in [0, 0.1) is 12.5 Å². The van der Waals surface area contributed by atoms with Crippen molar-refractivity contribution in [3.63, 3.8) is 0 Å². The summed E-state index contributed by atoms with van der Waals surface area (Å²) in [5.41, 5.74) is 8.57. The van der Waals surface area contributed by atoms with Crippen LogP contribution < -0.4 is 24.8 Å². The third kappa shape index (κ3) is 5.50. The van der Waals surface area contributed by atoms with Crippen molar-refractivity contribution >= 4 is 0 Å². The fraction of sp³-hybridized carbons (Fsp3) is 0.320. The van der Waals surface area contributed by atoms with Crippen molar-refractivity contribution in [2.75, 3.05) is 0 Å². The Labute approximate surface area is 202 Å². The van der Waals surface area contributed by atoms with E-state index in [1.54, 1.807) is 0 Å². The normalized spacial score (nSPS) is 15.6. The fourth-order valence-electron chi connectivity index (χ4n) is 3.62. The van der Waals surface area contributed by atoms with Crippen molar-refractivity contribution in [3.05, 3.63) is 89.4 Å². The van der Waals surface area contributed by atoms with Crippen LogP contribution in [0.1, 0.15) is 63.6 Å². The summed E-state index contributed by atoms with van der Waals surface area (Å²) in [6.45, 7) is 10.8. The van der Waals surface area contributed by atoms with Gasteiger partial charge in [0.05, 0.1) is 0 Å². The molecule has 1 unspecified atom stereocenters. The van der Waals surface area contributed by atoms with Gasteiger partial charge in [-0.2, -0.15) is 37.6 Å². The zero-order chi connectivity index (χ0) is 18.0. The van der Waals surface area contributed by atoms with E-state index in [9.17, 15) is 0 Å². The topological polar surface area (TPSA) is 0 Å². The first-order chi connectivity index (χ1) is 12.0. The van der Waals surface area contributed by atoms with Crippen LogP contribution in [-0.2, 0) is 31.6 Å². The molecule has 2 aromatic rings. The SMILES string of the molecule is CC(C)(C)c1c[c-]c2c(c1)-c1ccccc1C2C1=CC=CC1.C[CH-]C.[Cl-].[Cl-].[Zr+4]. The average molecular weight is 491 g/mol. The van der Waals surface area contributed by atoms with E-state index < -0.39 is 0 Å². The van der Waals surface area contributed by atoms with Gasteiger partial charge in [0.25, 0.3) is 0 Å². The van der Waals surface area contributed by atoms with Crippen LogP contribution in [0.4, 0.5) is 0 Å². The molecule has 0 N–H and O–H groups in total. The molecule has 0 bridgehead atoms. The molecule has 2 aliphatic rings. The van der Waals surface area contributed by atoms with Crippen molar-refractivity contribution in [1.82, 2.24) is 0 Å². The number of benzene rings is 2. The molecule has 0 fully saturated rings. The van der Waals surface area contributed by atoms with E-state index in [1.807, 2.05) is 20.3 Å². The second-order valence-corrected chi connectivity index (χ2v) is 7.94. The van der Waals surface area contributed by atoms with Crippen molar-refractivity contribution in [2.24, 2.45) is 0 Å². The van der Waals surface area contributed by atoms with Crippen molar-refractivity contribution in [1.29, 1.82) is 0 Å². The minimum atomic E-state index is 0. The second-order valence-electron chi connectivity index (χ2n) is 7.94. The van der Waals surface area contributed by atoms with E-state index in [4.69, 9.17) is 0 Å². The zero-order valence-electron chi connectivity index (χ0n) is 17.3. The van der Waals surface area contributed by atoms with Crippen LogP contribution in [0.15, 0.2) is 60.2 Å². The molecule has 2 aromatic carbocycles. The molecule has 0 saturated heterocycles. The predicted octanol–water partition coefficient (Wildman–Crippen LogP) is 1.02. The van der Waals surface area contributed by atoms with Gasteiger partial charge in [-0.15, -0.1) is 11.1 Å². The summed E-state index contributed by atoms with van der Waals surface area (Å²) in [7, 11) is 0. The Kier molecular flexibility index (Phi) is 11.3. The molecule has 0 heterocycles. The summed E-state index contributed by atoms with van der Waals surface area (Å²) in [6, 6.07) is 17.1. The summed E-state index contributed by atoms with van der Waals surface area (Å²) in [5.74, 6) is 0.384. The van der Waals surface area contributed by atoms with E-state index >= 15 is 0 Å². The Morgan fingerprint density at radius 2 is 1.68 bits per heavy atom. The number of rotatable bonds is 1. The molecule has 4 rings (SSSR count). The maximum absolute atomic E-state index is 3.63. The Bertz CT molecular complexity index is 829. The van der Waals surface area contributed by atoms with E-state index in [0.29, 0.717) is 5.92 Å². The van der Waals surface area contributed by atoms with Crippen molar-refractivity contribution < 1.29 is 51.0 Å². The molecule has 0 spiro atoms. The molecule has 1 atom stereocenters. The predicted molar refractivity (Wildman–Crippen MR) is 109 cm³/mol. The van der Waals surface area contributed by atoms with E-state index in [2.05, 4.69) is 81.5 Å². The molecule has 0 radical (unpaired) electrons. The van der Waals surface area contributed by atoms with Gasteiger partial charge in [0.15, 0.2) is 0 Å². The molecule has 2 aliphatic carbocycles. The summed E-state index contributed by atoms with van der Waals surface area (Å²) in [5, 5.41) is 0. The van der Waals surface area contributed by atoms with Gasteiger partial charge in [-0.05, 0) is 12.0 Å². The number of hydrogen-bond acceptors (Lipinski definition) is 0. The molecule has 0 nitrogen and oxygen atoms in total. The maximum atomic E-state index is 3.63. The minimum absolute atomic E-state index is 0. The van der Waals surface area contributed by atoms with Gasteiger partial charge in [0, 0.05) is 5.92 Å². The summed E-state index contributed by atoms with van der Waals surface area (Å²) in [6.07, 6.45) is 9.77. The third-order valence-corrected chi connectivity index (χ3v) is 4.86. The molecule has 28 heavy (non-hydrogen) atoms. The Morgan fingerprint density at radius 3 is 2.25 bits per heavy atom. The van der Waals surface area contributed by atoms with Crippen LogP contribution in [0.5, 0.6) is 0 Å². The number of allylic oxidation sites excluding steroid dienone is 4. The van der Waals surface area contributed by atoms with Gasteiger partial charge in [-0.25, -0.2) is 0 Å². The van der Waals surface area contributed by atoms with Gasteiger partial charge in [-0.3, -0.25) is 0 Å². The van der Waals surface area contributed by atoms with Gasteiger partial charge < -0.3 is 31.2 Å². The Morgan fingerprint density at radius 1 is 1.04 bits per heavy atom. The van der Waals surface area contributed by atoms with Crippen LogP contribution in [0.3, 0.4) is 0 Å². The first kappa shape index (κ1) is 27.4. The average Bonchev–Trinajstić information content (AvgIpc) is 3.19. The first-order valence-corrected chi connectivity index (χ1v) is 9.22. The quantitative estimate of drug-likeness (QED) is 0.524. The van der Waals surface area contributed by atoms with Gasteiger partial charge in [-0.1, -0.05) is 79.8 Å². The van der Waals surface area contributed by atoms with Crippen molar-refractivity contribution in [3.8, 4) is 11.1 Å². The molecule has 3 heteroatoms. The smallest absolute Gasteiger partial charge is 1.00 e. The monoisotopic (exact) mass is 488 g/mol. The largest absolute Gasteiger partial charge is 4.00 e. The number of fused-ring (bicyclic) bond motifs is 3. The molecular weight excluding hydrogens is 462 g/mol. The minimum Gasteiger partial charge on any atom is -1.00 e. The number of hydrogen-bond donors (Lipinski definition) is 0. The Balaban J connectivity index is 0.00000115. The van der Waals surface area contributed by atoms with E-state index in [-0.39, 0.29) is 56.4 Å². The molecule has 0 aromatic heterocycles. The first-order valence-electron chi connectivity index (χ1n) is 9.22. The molecule has 0 aliphatic heterocycles. The molecule has 0 saturated carbocycles. The van der Waals surface area contributed by atoms with E-state index in [1.165, 1.54) is 33.4 Å². The molecule has 0 amide bonds. The second kappa shape index (κ2) is 11.5. The Hall–Kier alpha value is -0.617. The molecular formula is C25H28Cl2Zr. The van der Waals surface area contributed by atoms with Gasteiger partial charge in [0.2, 0.25) is 0 Å². The summed E-state index contributed by atoms with van der Waals surface area (Å²) >= 11 is 0. The third-order valence-electron chi connectivity index (χ3n) is 4.86. The summed E-state index contributed by atoms with van der Waals surface area (Å²) in [4.78, 5) is 0. The van der Waals surface area contributed by atoms with Crippen LogP contribution >= 0.6 is 0 Å². The van der Waals surface area contributed by atoms with Crippen LogP contribution in [0.2, 0.25) is 0 Å². The molecule has 146 valence electrons. The fourth-order valence-corrected chi connectivity index (χ4v) is 3.62. The van der Waals surface area contributed by atoms with Crippen LogP contribution in [-0.4, -0.2) is 0 Å². The van der Waals surface area contributed by atoms with Crippen LogP contribution in [0.25, 0.3) is 11.1 Å². The summed E-state index contributed by atoms with van der Waals surface area (Å²) < 4.78 is 0. The van der Waals surface area contributed by atoms with Crippen molar-refractivity contribution in [2.45, 2.75) is 52.4 Å². The number of halogens is 2. The van der Waals surface area contributed by atoms with Gasteiger partial charge >= 0.3 is 26.2 Å². The maximum Gasteiger partial charge on any atom is 4.00 e.